The van der Waals surface area contributed by atoms with Gasteiger partial charge in [0.25, 0.3) is 0 Å². The van der Waals surface area contributed by atoms with Crippen LogP contribution < -0.4 is 11.1 Å². The zero-order valence-corrected chi connectivity index (χ0v) is 12.1. The van der Waals surface area contributed by atoms with Gasteiger partial charge in [-0.2, -0.15) is 0 Å². The van der Waals surface area contributed by atoms with Crippen LogP contribution in [0.4, 0.5) is 0 Å². The highest BCUT2D eigenvalue weighted by atomic mass is 15.0. The van der Waals surface area contributed by atoms with Gasteiger partial charge in [0.1, 0.15) is 0 Å². The van der Waals surface area contributed by atoms with E-state index in [-0.39, 0.29) is 6.04 Å². The highest BCUT2D eigenvalue weighted by Crippen LogP contribution is 2.20. The van der Waals surface area contributed by atoms with E-state index in [0.717, 1.165) is 13.0 Å². The van der Waals surface area contributed by atoms with E-state index in [2.05, 4.69) is 50.4 Å². The number of hydrogen-bond acceptors (Lipinski definition) is 2. The summed E-state index contributed by atoms with van der Waals surface area (Å²) in [6.07, 6.45) is 4.54. The average molecular weight is 248 g/mol. The summed E-state index contributed by atoms with van der Waals surface area (Å²) in [4.78, 5) is 0. The molecule has 0 aliphatic carbocycles. The molecule has 1 unspecified atom stereocenters. The Morgan fingerprint density at radius 3 is 2.11 bits per heavy atom. The minimum absolute atomic E-state index is 0.141. The minimum Gasteiger partial charge on any atom is -0.324 e. The number of rotatable bonds is 8. The lowest BCUT2D eigenvalue weighted by molar-refractivity contribution is 0.286. The number of nitrogens with two attached hydrogens (primary N) is 1. The smallest absolute Gasteiger partial charge is 0.0306 e. The van der Waals surface area contributed by atoms with Gasteiger partial charge in [0, 0.05) is 11.6 Å². The van der Waals surface area contributed by atoms with Crippen LogP contribution in [0, 0.1) is 0 Å². The molecule has 1 rings (SSSR count). The third kappa shape index (κ3) is 4.11. The molecular formula is C16H28N2. The summed E-state index contributed by atoms with van der Waals surface area (Å²) in [5, 5.41) is 3.70. The molecule has 102 valence electrons. The fourth-order valence-electron chi connectivity index (χ4n) is 2.48. The molecule has 2 heteroatoms. The van der Waals surface area contributed by atoms with Crippen molar-refractivity contribution in [2.24, 2.45) is 5.73 Å². The van der Waals surface area contributed by atoms with Crippen molar-refractivity contribution in [2.45, 2.75) is 58.0 Å². The van der Waals surface area contributed by atoms with Crippen LogP contribution in [-0.2, 0) is 0 Å². The third-order valence-electron chi connectivity index (χ3n) is 4.21. The fraction of sp³-hybridized carbons (Fsp3) is 0.625. The molecule has 0 aliphatic heterocycles. The number of benzene rings is 1. The second-order valence-electron chi connectivity index (χ2n) is 5.07. The van der Waals surface area contributed by atoms with Crippen LogP contribution in [0.25, 0.3) is 0 Å². The summed E-state index contributed by atoms with van der Waals surface area (Å²) in [6.45, 7) is 7.77. The average Bonchev–Trinajstić information content (AvgIpc) is 2.45. The Hall–Kier alpha value is -0.860. The van der Waals surface area contributed by atoms with E-state index in [1.807, 2.05) is 6.07 Å². The molecule has 0 aliphatic rings. The number of nitrogens with one attached hydrogen (secondary N) is 1. The van der Waals surface area contributed by atoms with Crippen molar-refractivity contribution in [1.82, 2.24) is 5.32 Å². The van der Waals surface area contributed by atoms with Crippen LogP contribution in [0.1, 0.15) is 58.1 Å². The van der Waals surface area contributed by atoms with E-state index in [1.54, 1.807) is 0 Å². The maximum Gasteiger partial charge on any atom is 0.0306 e. The molecule has 0 aromatic heterocycles. The zero-order chi connectivity index (χ0) is 13.4. The SMILES string of the molecule is CCC(CC)(CC)NCCC(N)c1ccccc1. The molecule has 0 bridgehead atoms. The molecule has 1 atom stereocenters. The van der Waals surface area contributed by atoms with E-state index in [9.17, 15) is 0 Å². The van der Waals surface area contributed by atoms with Crippen molar-refractivity contribution in [2.75, 3.05) is 6.54 Å². The highest BCUT2D eigenvalue weighted by Gasteiger charge is 2.22. The molecule has 0 heterocycles. The second kappa shape index (κ2) is 7.55. The zero-order valence-electron chi connectivity index (χ0n) is 12.1. The van der Waals surface area contributed by atoms with Gasteiger partial charge in [0.15, 0.2) is 0 Å². The van der Waals surface area contributed by atoms with Crippen LogP contribution >= 0.6 is 0 Å². The summed E-state index contributed by atoms with van der Waals surface area (Å²) in [7, 11) is 0. The van der Waals surface area contributed by atoms with Gasteiger partial charge in [0.2, 0.25) is 0 Å². The Morgan fingerprint density at radius 2 is 1.61 bits per heavy atom. The van der Waals surface area contributed by atoms with E-state index < -0.39 is 0 Å². The molecule has 0 spiro atoms. The minimum atomic E-state index is 0.141. The van der Waals surface area contributed by atoms with Gasteiger partial charge >= 0.3 is 0 Å². The van der Waals surface area contributed by atoms with Crippen molar-refractivity contribution in [3.8, 4) is 0 Å². The molecule has 0 radical (unpaired) electrons. The summed E-state index contributed by atoms with van der Waals surface area (Å²) in [5.41, 5.74) is 7.74. The maximum atomic E-state index is 6.21. The monoisotopic (exact) mass is 248 g/mol. The summed E-state index contributed by atoms with van der Waals surface area (Å²) in [6, 6.07) is 10.5. The lowest BCUT2D eigenvalue weighted by atomic mass is 9.89. The van der Waals surface area contributed by atoms with Gasteiger partial charge in [-0.25, -0.2) is 0 Å². The molecule has 1 aromatic rings. The summed E-state index contributed by atoms with van der Waals surface area (Å²) >= 11 is 0. The first-order valence-electron chi connectivity index (χ1n) is 7.23. The molecule has 0 amide bonds. The first kappa shape index (κ1) is 15.2. The Balaban J connectivity index is 2.42. The highest BCUT2D eigenvalue weighted by molar-refractivity contribution is 5.18. The molecular weight excluding hydrogens is 220 g/mol. The predicted octanol–water partition coefficient (Wildman–Crippen LogP) is 3.63. The van der Waals surface area contributed by atoms with Gasteiger partial charge in [-0.15, -0.1) is 0 Å². The van der Waals surface area contributed by atoms with Gasteiger partial charge in [0.05, 0.1) is 0 Å². The lowest BCUT2D eigenvalue weighted by Gasteiger charge is -2.32. The quantitative estimate of drug-likeness (QED) is 0.737. The summed E-state index contributed by atoms with van der Waals surface area (Å²) < 4.78 is 0. The lowest BCUT2D eigenvalue weighted by Crippen LogP contribution is -2.44. The normalized spacial score (nSPS) is 13.6. The Morgan fingerprint density at radius 1 is 1.06 bits per heavy atom. The van der Waals surface area contributed by atoms with Crippen LogP contribution in [0.2, 0.25) is 0 Å². The van der Waals surface area contributed by atoms with Crippen molar-refractivity contribution in [3.05, 3.63) is 35.9 Å². The van der Waals surface area contributed by atoms with Gasteiger partial charge in [-0.3, -0.25) is 0 Å². The maximum absolute atomic E-state index is 6.21. The fourth-order valence-corrected chi connectivity index (χ4v) is 2.48. The van der Waals surface area contributed by atoms with Crippen LogP contribution in [0.15, 0.2) is 30.3 Å². The largest absolute Gasteiger partial charge is 0.324 e. The van der Waals surface area contributed by atoms with Crippen molar-refractivity contribution < 1.29 is 0 Å². The van der Waals surface area contributed by atoms with E-state index in [1.165, 1.54) is 24.8 Å². The molecule has 0 saturated carbocycles. The second-order valence-corrected chi connectivity index (χ2v) is 5.07. The van der Waals surface area contributed by atoms with Gasteiger partial charge in [-0.05, 0) is 37.8 Å². The third-order valence-corrected chi connectivity index (χ3v) is 4.21. The van der Waals surface area contributed by atoms with Crippen LogP contribution in [-0.4, -0.2) is 12.1 Å². The van der Waals surface area contributed by atoms with Crippen molar-refractivity contribution >= 4 is 0 Å². The Labute approximate surface area is 112 Å². The standard InChI is InChI=1S/C16H28N2/c1-4-16(5-2,6-3)18-13-12-15(17)14-10-8-7-9-11-14/h7-11,15,18H,4-6,12-13,17H2,1-3H3. The molecule has 0 fully saturated rings. The summed E-state index contributed by atoms with van der Waals surface area (Å²) in [5.74, 6) is 0. The van der Waals surface area contributed by atoms with Crippen LogP contribution in [0.5, 0.6) is 0 Å². The molecule has 18 heavy (non-hydrogen) atoms. The number of hydrogen-bond donors (Lipinski definition) is 2. The molecule has 2 nitrogen and oxygen atoms in total. The van der Waals surface area contributed by atoms with Gasteiger partial charge < -0.3 is 11.1 Å². The molecule has 3 N–H and O–H groups in total. The molecule has 1 aromatic carbocycles. The first-order chi connectivity index (χ1) is 8.67. The Kier molecular flexibility index (Phi) is 6.37. The van der Waals surface area contributed by atoms with E-state index in [4.69, 9.17) is 5.73 Å². The van der Waals surface area contributed by atoms with E-state index >= 15 is 0 Å². The van der Waals surface area contributed by atoms with Gasteiger partial charge in [-0.1, -0.05) is 51.1 Å². The molecule has 0 saturated heterocycles. The first-order valence-corrected chi connectivity index (χ1v) is 7.23. The van der Waals surface area contributed by atoms with Crippen molar-refractivity contribution in [1.29, 1.82) is 0 Å². The van der Waals surface area contributed by atoms with E-state index in [0.29, 0.717) is 5.54 Å². The van der Waals surface area contributed by atoms with Crippen LogP contribution in [0.3, 0.4) is 0 Å². The predicted molar refractivity (Wildman–Crippen MR) is 79.6 cm³/mol. The Bertz CT molecular complexity index is 309. The van der Waals surface area contributed by atoms with Crippen molar-refractivity contribution in [3.63, 3.8) is 0 Å². The topological polar surface area (TPSA) is 38.0 Å².